The van der Waals surface area contributed by atoms with Gasteiger partial charge in [0.25, 0.3) is 5.91 Å². The van der Waals surface area contributed by atoms with E-state index < -0.39 is 6.04 Å². The van der Waals surface area contributed by atoms with Crippen LogP contribution < -0.4 is 10.6 Å². The molecule has 9 heteroatoms. The van der Waals surface area contributed by atoms with Gasteiger partial charge in [-0.05, 0) is 74.0 Å². The molecule has 0 saturated heterocycles. The third-order valence-corrected chi connectivity index (χ3v) is 5.46. The number of amides is 2. The Morgan fingerprint density at radius 3 is 2.53 bits per heavy atom. The van der Waals surface area contributed by atoms with Gasteiger partial charge in [-0.1, -0.05) is 11.6 Å². The van der Waals surface area contributed by atoms with Gasteiger partial charge in [0.2, 0.25) is 5.91 Å². The van der Waals surface area contributed by atoms with Gasteiger partial charge in [0.1, 0.15) is 11.7 Å². The zero-order valence-corrected chi connectivity index (χ0v) is 19.5. The monoisotopic (exact) mass is 491 g/mol. The Balaban J connectivity index is 1.71. The van der Waals surface area contributed by atoms with E-state index in [2.05, 4.69) is 31.7 Å². The maximum absolute atomic E-state index is 12.6. The molecule has 2 aromatic heterocycles. The summed E-state index contributed by atoms with van der Waals surface area (Å²) in [4.78, 5) is 25.2. The van der Waals surface area contributed by atoms with Crippen molar-refractivity contribution in [3.8, 4) is 0 Å². The molecule has 2 heterocycles. The summed E-state index contributed by atoms with van der Waals surface area (Å²) in [5.41, 5.74) is 3.30. The van der Waals surface area contributed by atoms with E-state index >= 15 is 0 Å². The van der Waals surface area contributed by atoms with Crippen LogP contribution in [-0.4, -0.2) is 26.2 Å². The van der Waals surface area contributed by atoms with Crippen LogP contribution in [-0.2, 0) is 11.3 Å². The summed E-state index contributed by atoms with van der Waals surface area (Å²) in [7, 11) is 0. The number of carbonyl (C=O) groups excluding carboxylic acids is 2. The first kappa shape index (κ1) is 22.1. The lowest BCUT2D eigenvalue weighted by molar-refractivity contribution is -0.119. The number of nitrogens with one attached hydrogen (secondary N) is 2. The Morgan fingerprint density at radius 2 is 1.93 bits per heavy atom. The molecule has 3 rings (SSSR count). The Labute approximate surface area is 188 Å². The molecule has 0 aliphatic heterocycles. The molecular formula is C21H23BrClN5O2. The van der Waals surface area contributed by atoms with E-state index in [0.717, 1.165) is 15.9 Å². The van der Waals surface area contributed by atoms with Crippen molar-refractivity contribution < 1.29 is 9.59 Å². The molecule has 0 radical (unpaired) electrons. The first-order valence-corrected chi connectivity index (χ1v) is 10.7. The Morgan fingerprint density at radius 1 is 1.20 bits per heavy atom. The lowest BCUT2D eigenvalue weighted by Crippen LogP contribution is -2.25. The first-order chi connectivity index (χ1) is 14.2. The number of nitrogens with zero attached hydrogens (tertiary/aromatic N) is 3. The van der Waals surface area contributed by atoms with E-state index in [9.17, 15) is 9.59 Å². The van der Waals surface area contributed by atoms with Gasteiger partial charge in [-0.3, -0.25) is 14.3 Å². The highest BCUT2D eigenvalue weighted by Gasteiger charge is 2.19. The van der Waals surface area contributed by atoms with Crippen LogP contribution in [0.3, 0.4) is 0 Å². The van der Waals surface area contributed by atoms with Gasteiger partial charge in [0, 0.05) is 28.6 Å². The molecule has 30 heavy (non-hydrogen) atoms. The van der Waals surface area contributed by atoms with Crippen LogP contribution in [0.15, 0.2) is 41.0 Å². The number of halogens is 2. The molecule has 7 nitrogen and oxygen atoms in total. The highest BCUT2D eigenvalue weighted by atomic mass is 79.9. The SMILES string of the molecule is CCn1cc(Br)cc1C(=O)Nc1ccc(NC(=O)C(C)n2nc(C)cc2C)c(Cl)c1. The predicted octanol–water partition coefficient (Wildman–Crippen LogP) is 5.19. The number of hydrogen-bond acceptors (Lipinski definition) is 3. The summed E-state index contributed by atoms with van der Waals surface area (Å²) in [6.07, 6.45) is 1.85. The average Bonchev–Trinajstić information content (AvgIpc) is 3.24. The maximum atomic E-state index is 12.6. The zero-order chi connectivity index (χ0) is 22.0. The van der Waals surface area contributed by atoms with Crippen molar-refractivity contribution >= 4 is 50.7 Å². The standard InChI is InChI=1S/C21H23BrClN5O2/c1-5-27-11-15(22)9-19(27)21(30)24-16-6-7-18(17(23)10-16)25-20(29)14(4)28-13(3)8-12(2)26-28/h6-11,14H,5H2,1-4H3,(H,24,30)(H,25,29). The summed E-state index contributed by atoms with van der Waals surface area (Å²) in [5, 5.41) is 10.3. The average molecular weight is 493 g/mol. The summed E-state index contributed by atoms with van der Waals surface area (Å²) in [6, 6.07) is 8.16. The second kappa shape index (κ2) is 9.06. The van der Waals surface area contributed by atoms with Gasteiger partial charge in [0.15, 0.2) is 0 Å². The minimum atomic E-state index is -0.491. The number of carbonyl (C=O) groups is 2. The third kappa shape index (κ3) is 4.76. The summed E-state index contributed by atoms with van der Waals surface area (Å²) in [5.74, 6) is -0.473. The zero-order valence-electron chi connectivity index (χ0n) is 17.2. The number of rotatable bonds is 6. The van der Waals surface area contributed by atoms with Crippen molar-refractivity contribution in [2.75, 3.05) is 10.6 Å². The maximum Gasteiger partial charge on any atom is 0.272 e. The van der Waals surface area contributed by atoms with Gasteiger partial charge in [-0.2, -0.15) is 5.10 Å². The Kier molecular flexibility index (Phi) is 6.67. The molecule has 2 N–H and O–H groups in total. The Hall–Kier alpha value is -2.58. The van der Waals surface area contributed by atoms with Crippen molar-refractivity contribution in [3.63, 3.8) is 0 Å². The third-order valence-electron chi connectivity index (χ3n) is 4.71. The number of hydrogen-bond donors (Lipinski definition) is 2. The van der Waals surface area contributed by atoms with Crippen molar-refractivity contribution in [2.24, 2.45) is 0 Å². The summed E-state index contributed by atoms with van der Waals surface area (Å²) >= 11 is 9.74. The molecular weight excluding hydrogens is 470 g/mol. The fourth-order valence-electron chi connectivity index (χ4n) is 3.20. The molecule has 158 valence electrons. The normalized spacial score (nSPS) is 11.9. The lowest BCUT2D eigenvalue weighted by Gasteiger charge is -2.16. The van der Waals surface area contributed by atoms with E-state index in [-0.39, 0.29) is 11.8 Å². The molecule has 3 aromatic rings. The fraction of sp³-hybridized carbons (Fsp3) is 0.286. The number of anilines is 2. The number of benzene rings is 1. The smallest absolute Gasteiger partial charge is 0.272 e. The van der Waals surface area contributed by atoms with Crippen LogP contribution >= 0.6 is 27.5 Å². The van der Waals surface area contributed by atoms with E-state index in [4.69, 9.17) is 11.6 Å². The molecule has 0 aliphatic rings. The molecule has 1 unspecified atom stereocenters. The number of aromatic nitrogens is 3. The molecule has 1 aromatic carbocycles. The van der Waals surface area contributed by atoms with Crippen LogP contribution in [0.5, 0.6) is 0 Å². The fourth-order valence-corrected chi connectivity index (χ4v) is 3.89. The second-order valence-corrected chi connectivity index (χ2v) is 8.34. The minimum absolute atomic E-state index is 0.231. The van der Waals surface area contributed by atoms with E-state index in [1.807, 2.05) is 37.6 Å². The largest absolute Gasteiger partial charge is 0.343 e. The highest BCUT2D eigenvalue weighted by molar-refractivity contribution is 9.10. The van der Waals surface area contributed by atoms with Gasteiger partial charge < -0.3 is 15.2 Å². The van der Waals surface area contributed by atoms with Crippen molar-refractivity contribution in [1.82, 2.24) is 14.3 Å². The van der Waals surface area contributed by atoms with Crippen molar-refractivity contribution in [3.05, 3.63) is 63.1 Å². The lowest BCUT2D eigenvalue weighted by atomic mass is 10.2. The first-order valence-electron chi connectivity index (χ1n) is 9.49. The molecule has 0 aliphatic carbocycles. The van der Waals surface area contributed by atoms with Crippen LogP contribution in [0.25, 0.3) is 0 Å². The predicted molar refractivity (Wildman–Crippen MR) is 122 cm³/mol. The van der Waals surface area contributed by atoms with Gasteiger partial charge >= 0.3 is 0 Å². The summed E-state index contributed by atoms with van der Waals surface area (Å²) < 4.78 is 4.35. The van der Waals surface area contributed by atoms with Gasteiger partial charge in [0.05, 0.1) is 16.4 Å². The van der Waals surface area contributed by atoms with Crippen molar-refractivity contribution in [2.45, 2.75) is 40.3 Å². The Bertz CT molecular complexity index is 1110. The molecule has 2 amide bonds. The highest BCUT2D eigenvalue weighted by Crippen LogP contribution is 2.27. The topological polar surface area (TPSA) is 81.0 Å². The van der Waals surface area contributed by atoms with Gasteiger partial charge in [-0.15, -0.1) is 0 Å². The quantitative estimate of drug-likeness (QED) is 0.497. The molecule has 0 spiro atoms. The second-order valence-electron chi connectivity index (χ2n) is 7.02. The molecule has 1 atom stereocenters. The van der Waals surface area contributed by atoms with Crippen LogP contribution in [0.4, 0.5) is 11.4 Å². The molecule has 0 bridgehead atoms. The molecule has 0 fully saturated rings. The van der Waals surface area contributed by atoms with E-state index in [1.165, 1.54) is 0 Å². The van der Waals surface area contributed by atoms with Crippen LogP contribution in [0, 0.1) is 13.8 Å². The van der Waals surface area contributed by atoms with E-state index in [1.54, 1.807) is 35.9 Å². The van der Waals surface area contributed by atoms with Gasteiger partial charge in [-0.25, -0.2) is 0 Å². The minimum Gasteiger partial charge on any atom is -0.343 e. The van der Waals surface area contributed by atoms with Crippen LogP contribution in [0.2, 0.25) is 5.02 Å². The van der Waals surface area contributed by atoms with E-state index in [0.29, 0.717) is 28.6 Å². The van der Waals surface area contributed by atoms with Crippen LogP contribution in [0.1, 0.15) is 41.8 Å². The van der Waals surface area contributed by atoms with Crippen molar-refractivity contribution in [1.29, 1.82) is 0 Å². The summed E-state index contributed by atoms with van der Waals surface area (Å²) in [6.45, 7) is 8.20. The molecule has 0 saturated carbocycles. The number of aryl methyl sites for hydroxylation is 3.